The van der Waals surface area contributed by atoms with Crippen molar-refractivity contribution in [2.24, 2.45) is 11.8 Å². The van der Waals surface area contributed by atoms with Crippen LogP contribution in [-0.2, 0) is 0 Å². The first-order chi connectivity index (χ1) is 8.31. The van der Waals surface area contributed by atoms with E-state index < -0.39 is 0 Å². The fraction of sp³-hybridized carbons (Fsp3) is 0.615. The van der Waals surface area contributed by atoms with E-state index in [4.69, 9.17) is 17.4 Å². The molecule has 0 spiro atoms. The number of nitrogens with zero attached hydrogens (tertiary/aromatic N) is 1. The van der Waals surface area contributed by atoms with Gasteiger partial charge >= 0.3 is 0 Å². The summed E-state index contributed by atoms with van der Waals surface area (Å²) in [5, 5.41) is 0.700. The Balaban J connectivity index is 2.03. The first kappa shape index (κ1) is 12.8. The predicted molar refractivity (Wildman–Crippen MR) is 70.5 cm³/mol. The second-order valence-electron chi connectivity index (χ2n) is 4.86. The minimum absolute atomic E-state index is 0.147. The summed E-state index contributed by atoms with van der Waals surface area (Å²) < 4.78 is 0. The van der Waals surface area contributed by atoms with Crippen molar-refractivity contribution >= 4 is 11.6 Å². The summed E-state index contributed by atoms with van der Waals surface area (Å²) in [5.41, 5.74) is 3.96. The molecule has 3 nitrogen and oxygen atoms in total. The molecule has 2 rings (SSSR count). The Labute approximate surface area is 108 Å². The van der Waals surface area contributed by atoms with E-state index in [0.717, 1.165) is 17.9 Å². The van der Waals surface area contributed by atoms with Crippen LogP contribution in [0.1, 0.15) is 50.1 Å². The number of hydrogen-bond acceptors (Lipinski definition) is 3. The molecule has 3 N–H and O–H groups in total. The molecule has 0 radical (unpaired) electrons. The van der Waals surface area contributed by atoms with E-state index in [1.165, 1.54) is 32.1 Å². The summed E-state index contributed by atoms with van der Waals surface area (Å²) >= 11 is 6.16. The van der Waals surface area contributed by atoms with Crippen LogP contribution in [0.2, 0.25) is 5.02 Å². The number of rotatable bonds is 4. The molecule has 1 heterocycles. The number of pyridine rings is 1. The third kappa shape index (κ3) is 3.41. The molecule has 1 aromatic heterocycles. The highest BCUT2D eigenvalue weighted by molar-refractivity contribution is 6.31. The molecule has 1 aliphatic carbocycles. The highest BCUT2D eigenvalue weighted by atomic mass is 35.5. The Bertz CT molecular complexity index is 350. The molecule has 0 saturated heterocycles. The van der Waals surface area contributed by atoms with Gasteiger partial charge in [0.2, 0.25) is 0 Å². The van der Waals surface area contributed by atoms with Crippen LogP contribution in [0, 0.1) is 5.92 Å². The van der Waals surface area contributed by atoms with Crippen molar-refractivity contribution in [1.29, 1.82) is 0 Å². The molecule has 0 bridgehead atoms. The van der Waals surface area contributed by atoms with Gasteiger partial charge in [0.1, 0.15) is 0 Å². The van der Waals surface area contributed by atoms with Crippen molar-refractivity contribution in [1.82, 2.24) is 10.4 Å². The lowest BCUT2D eigenvalue weighted by atomic mass is 9.83. The number of nitrogens with one attached hydrogen (secondary N) is 1. The molecular formula is C13H20ClN3. The van der Waals surface area contributed by atoms with Crippen molar-refractivity contribution < 1.29 is 0 Å². The predicted octanol–water partition coefficient (Wildman–Crippen LogP) is 3.21. The minimum Gasteiger partial charge on any atom is -0.271 e. The van der Waals surface area contributed by atoms with Crippen LogP contribution in [-0.4, -0.2) is 4.98 Å². The molecule has 1 fully saturated rings. The van der Waals surface area contributed by atoms with Crippen LogP contribution in [0.4, 0.5) is 0 Å². The standard InChI is InChI=1S/C13H20ClN3/c14-12-9-16-7-6-11(12)13(17-15)8-10-4-2-1-3-5-10/h6-7,9-10,13,17H,1-5,8,15H2. The van der Waals surface area contributed by atoms with Crippen molar-refractivity contribution in [3.63, 3.8) is 0 Å². The molecule has 94 valence electrons. The SMILES string of the molecule is NNC(CC1CCCCC1)c1ccncc1Cl. The third-order valence-corrected chi connectivity index (χ3v) is 3.99. The lowest BCUT2D eigenvalue weighted by Gasteiger charge is -2.26. The lowest BCUT2D eigenvalue weighted by molar-refractivity contribution is 0.301. The maximum Gasteiger partial charge on any atom is 0.0637 e. The number of nitrogens with two attached hydrogens (primary N) is 1. The van der Waals surface area contributed by atoms with Gasteiger partial charge in [-0.25, -0.2) is 0 Å². The first-order valence-electron chi connectivity index (χ1n) is 6.37. The largest absolute Gasteiger partial charge is 0.271 e. The Morgan fingerprint density at radius 2 is 2.18 bits per heavy atom. The molecule has 0 aromatic carbocycles. The molecule has 4 heteroatoms. The normalized spacial score (nSPS) is 19.2. The van der Waals surface area contributed by atoms with Crippen molar-refractivity contribution in [3.05, 3.63) is 29.0 Å². The summed E-state index contributed by atoms with van der Waals surface area (Å²) in [4.78, 5) is 4.01. The molecular weight excluding hydrogens is 234 g/mol. The van der Waals surface area contributed by atoms with Crippen LogP contribution in [0.5, 0.6) is 0 Å². The van der Waals surface area contributed by atoms with Crippen LogP contribution in [0.15, 0.2) is 18.5 Å². The van der Waals surface area contributed by atoms with E-state index in [1.807, 2.05) is 6.07 Å². The number of aromatic nitrogens is 1. The second kappa shape index (κ2) is 6.34. The van der Waals surface area contributed by atoms with Gasteiger partial charge in [-0.2, -0.15) is 0 Å². The van der Waals surface area contributed by atoms with Gasteiger partial charge in [0.25, 0.3) is 0 Å². The Morgan fingerprint density at radius 1 is 1.41 bits per heavy atom. The van der Waals surface area contributed by atoms with Gasteiger partial charge in [-0.1, -0.05) is 43.7 Å². The zero-order valence-electron chi connectivity index (χ0n) is 10.0. The van der Waals surface area contributed by atoms with Gasteiger partial charge in [0.15, 0.2) is 0 Å². The van der Waals surface area contributed by atoms with E-state index in [-0.39, 0.29) is 6.04 Å². The molecule has 0 amide bonds. The van der Waals surface area contributed by atoms with Gasteiger partial charge in [0.05, 0.1) is 5.02 Å². The van der Waals surface area contributed by atoms with Gasteiger partial charge < -0.3 is 0 Å². The highest BCUT2D eigenvalue weighted by Gasteiger charge is 2.20. The van der Waals surface area contributed by atoms with Gasteiger partial charge in [0, 0.05) is 18.4 Å². The molecule has 17 heavy (non-hydrogen) atoms. The molecule has 1 aliphatic rings. The van der Waals surface area contributed by atoms with Crippen LogP contribution in [0.3, 0.4) is 0 Å². The van der Waals surface area contributed by atoms with Gasteiger partial charge in [-0.3, -0.25) is 16.3 Å². The van der Waals surface area contributed by atoms with Crippen molar-refractivity contribution in [2.75, 3.05) is 0 Å². The Kier molecular flexibility index (Phi) is 4.77. The van der Waals surface area contributed by atoms with E-state index in [2.05, 4.69) is 10.4 Å². The van der Waals surface area contributed by atoms with Gasteiger partial charge in [-0.05, 0) is 24.0 Å². The summed E-state index contributed by atoms with van der Waals surface area (Å²) in [7, 11) is 0. The molecule has 1 saturated carbocycles. The first-order valence-corrected chi connectivity index (χ1v) is 6.74. The quantitative estimate of drug-likeness (QED) is 0.640. The van der Waals surface area contributed by atoms with Crippen LogP contribution >= 0.6 is 11.6 Å². The fourth-order valence-corrected chi connectivity index (χ4v) is 2.96. The molecule has 0 aliphatic heterocycles. The minimum atomic E-state index is 0.147. The molecule has 1 unspecified atom stereocenters. The average molecular weight is 254 g/mol. The summed E-state index contributed by atoms with van der Waals surface area (Å²) in [6.07, 6.45) is 11.3. The van der Waals surface area contributed by atoms with Crippen molar-refractivity contribution in [3.8, 4) is 0 Å². The topological polar surface area (TPSA) is 50.9 Å². The lowest BCUT2D eigenvalue weighted by Crippen LogP contribution is -2.30. The highest BCUT2D eigenvalue weighted by Crippen LogP contribution is 2.33. The number of hydrazine groups is 1. The zero-order valence-corrected chi connectivity index (χ0v) is 10.8. The Hall–Kier alpha value is -0.640. The second-order valence-corrected chi connectivity index (χ2v) is 5.26. The number of hydrogen-bond donors (Lipinski definition) is 2. The Morgan fingerprint density at radius 3 is 2.82 bits per heavy atom. The van der Waals surface area contributed by atoms with E-state index in [9.17, 15) is 0 Å². The summed E-state index contributed by atoms with van der Waals surface area (Å²) in [6.45, 7) is 0. The summed E-state index contributed by atoms with van der Waals surface area (Å²) in [6, 6.07) is 2.10. The molecule has 1 atom stereocenters. The van der Waals surface area contributed by atoms with E-state index >= 15 is 0 Å². The molecule has 1 aromatic rings. The average Bonchev–Trinajstić information content (AvgIpc) is 2.38. The zero-order chi connectivity index (χ0) is 12.1. The maximum absolute atomic E-state index is 6.16. The smallest absolute Gasteiger partial charge is 0.0637 e. The van der Waals surface area contributed by atoms with E-state index in [1.54, 1.807) is 12.4 Å². The monoisotopic (exact) mass is 253 g/mol. The third-order valence-electron chi connectivity index (χ3n) is 3.67. The van der Waals surface area contributed by atoms with Gasteiger partial charge in [-0.15, -0.1) is 0 Å². The van der Waals surface area contributed by atoms with Crippen molar-refractivity contribution in [2.45, 2.75) is 44.6 Å². The van der Waals surface area contributed by atoms with E-state index in [0.29, 0.717) is 5.02 Å². The summed E-state index contributed by atoms with van der Waals surface area (Å²) in [5.74, 6) is 6.43. The maximum atomic E-state index is 6.16. The number of halogens is 1. The van der Waals surface area contributed by atoms with Crippen LogP contribution < -0.4 is 11.3 Å². The van der Waals surface area contributed by atoms with Crippen LogP contribution in [0.25, 0.3) is 0 Å². The fourth-order valence-electron chi connectivity index (χ4n) is 2.71.